The number of hydrazine groups is 1. The van der Waals surface area contributed by atoms with Gasteiger partial charge in [-0.25, -0.2) is 14.4 Å². The molecule has 0 unspecified atom stereocenters. The van der Waals surface area contributed by atoms with Crippen LogP contribution in [-0.4, -0.2) is 56.1 Å². The first-order chi connectivity index (χ1) is 16.4. The topological polar surface area (TPSA) is 54.0 Å². The molecular formula is C27H30FN3O3. The summed E-state index contributed by atoms with van der Waals surface area (Å²) in [4.78, 5) is 13.4. The van der Waals surface area contributed by atoms with Crippen molar-refractivity contribution >= 4 is 16.7 Å². The first kappa shape index (κ1) is 22.6. The van der Waals surface area contributed by atoms with E-state index in [1.165, 1.54) is 0 Å². The number of aryl methyl sites for hydroxylation is 1. The average Bonchev–Trinajstić information content (AvgIpc) is 3.54. The number of rotatable bonds is 7. The van der Waals surface area contributed by atoms with E-state index in [0.717, 1.165) is 40.5 Å². The van der Waals surface area contributed by atoms with Gasteiger partial charge in [-0.15, -0.1) is 0 Å². The van der Waals surface area contributed by atoms with Crippen LogP contribution in [0.3, 0.4) is 0 Å². The highest BCUT2D eigenvalue weighted by Crippen LogP contribution is 2.49. The summed E-state index contributed by atoms with van der Waals surface area (Å²) in [5, 5.41) is 9.15. The monoisotopic (exact) mass is 463 g/mol. The van der Waals surface area contributed by atoms with E-state index in [1.54, 1.807) is 13.2 Å². The Bertz CT molecular complexity index is 1230. The second-order valence-electron chi connectivity index (χ2n) is 9.31. The van der Waals surface area contributed by atoms with Gasteiger partial charge in [-0.3, -0.25) is 4.79 Å². The van der Waals surface area contributed by atoms with E-state index in [-0.39, 0.29) is 12.6 Å². The first-order valence-electron chi connectivity index (χ1n) is 11.6. The molecule has 7 heteroatoms. The number of halogens is 1. The van der Waals surface area contributed by atoms with Crippen molar-refractivity contribution in [3.8, 4) is 11.5 Å². The van der Waals surface area contributed by atoms with Crippen molar-refractivity contribution in [3.63, 3.8) is 0 Å². The molecule has 0 spiro atoms. The van der Waals surface area contributed by atoms with Gasteiger partial charge in [0.25, 0.3) is 5.91 Å². The lowest BCUT2D eigenvalue weighted by atomic mass is 9.95. The molecule has 1 atom stereocenters. The lowest BCUT2D eigenvalue weighted by molar-refractivity contribution is -0.0118. The first-order valence-corrected chi connectivity index (χ1v) is 11.6. The molecule has 0 aromatic heterocycles. The zero-order valence-corrected chi connectivity index (χ0v) is 19.8. The number of methoxy groups -OCH3 is 1. The number of nitrogens with one attached hydrogen (secondary N) is 1. The standard InChI is InChI=1S/C27H30FN3O3/c1-18-8-9-21(34-17-31-16-20(28)15-30(31)2)13-24(18)26(32)29-27(10-11-27)25-14-22(33-3)12-19-6-4-5-7-23(19)25/h4-9,12-14,20H,10-11,15-17H2,1-3H3,(H,29,32)/t20-/m1/s1. The van der Waals surface area contributed by atoms with Crippen LogP contribution in [0.25, 0.3) is 10.8 Å². The highest BCUT2D eigenvalue weighted by molar-refractivity contribution is 5.98. The molecule has 3 aromatic carbocycles. The van der Waals surface area contributed by atoms with E-state index in [4.69, 9.17) is 9.47 Å². The molecule has 1 saturated heterocycles. The van der Waals surface area contributed by atoms with Crippen LogP contribution in [0.1, 0.15) is 34.3 Å². The summed E-state index contributed by atoms with van der Waals surface area (Å²) >= 11 is 0. The van der Waals surface area contributed by atoms with Crippen LogP contribution >= 0.6 is 0 Å². The van der Waals surface area contributed by atoms with E-state index in [9.17, 15) is 9.18 Å². The summed E-state index contributed by atoms with van der Waals surface area (Å²) in [6.07, 6.45) is 0.864. The van der Waals surface area contributed by atoms with Gasteiger partial charge in [-0.05, 0) is 65.9 Å². The number of nitrogens with zero attached hydrogens (tertiary/aromatic N) is 2. The molecule has 2 aliphatic rings. The predicted octanol–water partition coefficient (Wildman–Crippen LogP) is 4.41. The van der Waals surface area contributed by atoms with Crippen LogP contribution in [0, 0.1) is 6.92 Å². The van der Waals surface area contributed by atoms with Crippen molar-refractivity contribution in [2.24, 2.45) is 0 Å². The van der Waals surface area contributed by atoms with Gasteiger partial charge in [0.1, 0.15) is 17.7 Å². The maximum Gasteiger partial charge on any atom is 0.252 e. The molecule has 0 radical (unpaired) electrons. The fourth-order valence-corrected chi connectivity index (χ4v) is 4.73. The molecular weight excluding hydrogens is 433 g/mol. The molecule has 1 N–H and O–H groups in total. The number of carbonyl (C=O) groups is 1. The maximum absolute atomic E-state index is 13.6. The Labute approximate surface area is 199 Å². The van der Waals surface area contributed by atoms with Crippen molar-refractivity contribution in [2.45, 2.75) is 31.5 Å². The Morgan fingerprint density at radius 3 is 2.62 bits per heavy atom. The number of alkyl halides is 1. The molecule has 1 saturated carbocycles. The molecule has 2 fully saturated rings. The summed E-state index contributed by atoms with van der Waals surface area (Å²) in [5.41, 5.74) is 2.12. The van der Waals surface area contributed by atoms with Gasteiger partial charge in [0.05, 0.1) is 12.6 Å². The van der Waals surface area contributed by atoms with Crippen LogP contribution in [0.5, 0.6) is 11.5 Å². The summed E-state index contributed by atoms with van der Waals surface area (Å²) in [6.45, 7) is 2.83. The van der Waals surface area contributed by atoms with Gasteiger partial charge in [0.15, 0.2) is 6.73 Å². The molecule has 1 heterocycles. The summed E-state index contributed by atoms with van der Waals surface area (Å²) in [5.74, 6) is 1.24. The van der Waals surface area contributed by atoms with Crippen molar-refractivity contribution in [3.05, 3.63) is 71.3 Å². The Kier molecular flexibility index (Phi) is 5.91. The van der Waals surface area contributed by atoms with Crippen LogP contribution in [0.4, 0.5) is 4.39 Å². The van der Waals surface area contributed by atoms with Crippen LogP contribution in [-0.2, 0) is 5.54 Å². The van der Waals surface area contributed by atoms with Crippen LogP contribution in [0.15, 0.2) is 54.6 Å². The Morgan fingerprint density at radius 1 is 1.12 bits per heavy atom. The summed E-state index contributed by atoms with van der Waals surface area (Å²) in [6, 6.07) is 17.7. The van der Waals surface area contributed by atoms with Crippen molar-refractivity contribution in [2.75, 3.05) is 34.0 Å². The normalized spacial score (nSPS) is 19.8. The third-order valence-electron chi connectivity index (χ3n) is 6.88. The number of ether oxygens (including phenoxy) is 2. The van der Waals surface area contributed by atoms with E-state index < -0.39 is 11.7 Å². The van der Waals surface area contributed by atoms with E-state index >= 15 is 0 Å². The molecule has 1 aliphatic heterocycles. The SMILES string of the molecule is COc1cc(C2(NC(=O)c3cc(OCN4C[C@H](F)CN4C)ccc3C)CC2)c2ccccc2c1. The van der Waals surface area contributed by atoms with Gasteiger partial charge in [0.2, 0.25) is 0 Å². The zero-order chi connectivity index (χ0) is 23.9. The Balaban J connectivity index is 1.37. The molecule has 6 nitrogen and oxygen atoms in total. The second kappa shape index (κ2) is 8.89. The summed E-state index contributed by atoms with van der Waals surface area (Å²) in [7, 11) is 3.50. The van der Waals surface area contributed by atoms with Gasteiger partial charge in [-0.2, -0.15) is 0 Å². The minimum Gasteiger partial charge on any atom is -0.497 e. The third kappa shape index (κ3) is 4.33. The number of fused-ring (bicyclic) bond motifs is 1. The fourth-order valence-electron chi connectivity index (χ4n) is 4.73. The lowest BCUT2D eigenvalue weighted by Crippen LogP contribution is -2.36. The molecule has 0 bridgehead atoms. The van der Waals surface area contributed by atoms with E-state index in [0.29, 0.717) is 24.4 Å². The number of carbonyl (C=O) groups excluding carboxylic acids is 1. The molecule has 34 heavy (non-hydrogen) atoms. The average molecular weight is 464 g/mol. The van der Waals surface area contributed by atoms with Gasteiger partial charge < -0.3 is 14.8 Å². The van der Waals surface area contributed by atoms with Gasteiger partial charge in [0, 0.05) is 25.7 Å². The van der Waals surface area contributed by atoms with Crippen LogP contribution in [0.2, 0.25) is 0 Å². The second-order valence-corrected chi connectivity index (χ2v) is 9.31. The number of amides is 1. The minimum absolute atomic E-state index is 0.130. The van der Waals surface area contributed by atoms with Crippen LogP contribution < -0.4 is 14.8 Å². The van der Waals surface area contributed by atoms with E-state index in [1.807, 2.05) is 60.4 Å². The highest BCUT2D eigenvalue weighted by Gasteiger charge is 2.47. The molecule has 5 rings (SSSR count). The van der Waals surface area contributed by atoms with E-state index in [2.05, 4.69) is 17.4 Å². The fraction of sp³-hybridized carbons (Fsp3) is 0.370. The lowest BCUT2D eigenvalue weighted by Gasteiger charge is -2.24. The molecule has 3 aromatic rings. The summed E-state index contributed by atoms with van der Waals surface area (Å²) < 4.78 is 25.0. The zero-order valence-electron chi connectivity index (χ0n) is 19.8. The number of hydrogen-bond acceptors (Lipinski definition) is 5. The van der Waals surface area contributed by atoms with Crippen molar-refractivity contribution in [1.29, 1.82) is 0 Å². The molecule has 178 valence electrons. The maximum atomic E-state index is 13.6. The molecule has 1 aliphatic carbocycles. The van der Waals surface area contributed by atoms with Crippen molar-refractivity contribution < 1.29 is 18.7 Å². The quantitative estimate of drug-likeness (QED) is 0.563. The third-order valence-corrected chi connectivity index (χ3v) is 6.88. The Hall–Kier alpha value is -3.16. The number of hydrogen-bond donors (Lipinski definition) is 1. The smallest absolute Gasteiger partial charge is 0.252 e. The minimum atomic E-state index is -0.879. The van der Waals surface area contributed by atoms with Crippen molar-refractivity contribution in [1.82, 2.24) is 15.3 Å². The largest absolute Gasteiger partial charge is 0.497 e. The van der Waals surface area contributed by atoms with Gasteiger partial charge >= 0.3 is 0 Å². The predicted molar refractivity (Wildman–Crippen MR) is 130 cm³/mol. The molecule has 1 amide bonds. The highest BCUT2D eigenvalue weighted by atomic mass is 19.1. The number of benzene rings is 3. The van der Waals surface area contributed by atoms with Gasteiger partial charge in [-0.1, -0.05) is 30.3 Å². The Morgan fingerprint density at radius 2 is 1.91 bits per heavy atom.